The molecule has 6 heteroatoms. The van der Waals surface area contributed by atoms with Gasteiger partial charge in [-0.25, -0.2) is 4.79 Å². The van der Waals surface area contributed by atoms with Gasteiger partial charge in [0, 0.05) is 11.8 Å². The molecular weight excluding hydrogens is 302 g/mol. The Morgan fingerprint density at radius 1 is 1.05 bits per heavy atom. The summed E-state index contributed by atoms with van der Waals surface area (Å²) in [7, 11) is 0. The van der Waals surface area contributed by atoms with Gasteiger partial charge in [-0.2, -0.15) is 0 Å². The molecule has 0 radical (unpaired) electrons. The third-order valence-corrected chi connectivity index (χ3v) is 3.21. The molecule has 0 bridgehead atoms. The lowest BCUT2D eigenvalue weighted by atomic mass is 10.2. The predicted octanol–water partition coefficient (Wildman–Crippen LogP) is 2.47. The average molecular weight is 323 g/mol. The molecule has 120 valence electrons. The van der Waals surface area contributed by atoms with E-state index in [0.29, 0.717) is 5.75 Å². The van der Waals surface area contributed by atoms with Crippen molar-refractivity contribution in [3.05, 3.63) is 48.6 Å². The van der Waals surface area contributed by atoms with Crippen molar-refractivity contribution in [2.75, 3.05) is 5.75 Å². The molecule has 2 N–H and O–H groups in total. The van der Waals surface area contributed by atoms with Crippen LogP contribution >= 0.6 is 11.8 Å². The molecule has 0 aliphatic carbocycles. The zero-order valence-electron chi connectivity index (χ0n) is 12.7. The van der Waals surface area contributed by atoms with Crippen LogP contribution in [0.3, 0.4) is 0 Å². The Bertz CT molecular complexity index is 492. The fourth-order valence-electron chi connectivity index (χ4n) is 1.30. The van der Waals surface area contributed by atoms with Gasteiger partial charge in [0.25, 0.3) is 0 Å². The van der Waals surface area contributed by atoms with Gasteiger partial charge < -0.3 is 10.4 Å². The molecular formula is C16H21NO4S. The highest BCUT2D eigenvalue weighted by molar-refractivity contribution is 8.14. The SMILES string of the molecule is C/C=C/C=C\C(=O)N[C@@H](CCSC(=O)/C=C\C=C\C)C(=O)O. The lowest BCUT2D eigenvalue weighted by Crippen LogP contribution is -2.40. The van der Waals surface area contributed by atoms with Crippen molar-refractivity contribution in [1.82, 2.24) is 5.32 Å². The first-order valence-electron chi connectivity index (χ1n) is 6.80. The summed E-state index contributed by atoms with van der Waals surface area (Å²) in [5.74, 6) is -1.28. The van der Waals surface area contributed by atoms with Crippen LogP contribution in [0.1, 0.15) is 20.3 Å². The second-order valence-electron chi connectivity index (χ2n) is 4.13. The van der Waals surface area contributed by atoms with Crippen LogP contribution in [0.15, 0.2) is 48.6 Å². The summed E-state index contributed by atoms with van der Waals surface area (Å²) in [6, 6.07) is -1.01. The minimum Gasteiger partial charge on any atom is -0.480 e. The van der Waals surface area contributed by atoms with Crippen molar-refractivity contribution in [3.8, 4) is 0 Å². The highest BCUT2D eigenvalue weighted by Gasteiger charge is 2.18. The molecule has 0 aromatic rings. The molecule has 0 spiro atoms. The third-order valence-electron chi connectivity index (χ3n) is 2.35. The lowest BCUT2D eigenvalue weighted by Gasteiger charge is -2.12. The van der Waals surface area contributed by atoms with E-state index < -0.39 is 17.9 Å². The Morgan fingerprint density at radius 3 is 2.18 bits per heavy atom. The Morgan fingerprint density at radius 2 is 1.64 bits per heavy atom. The minimum absolute atomic E-state index is 0.151. The van der Waals surface area contributed by atoms with Crippen LogP contribution in [0.4, 0.5) is 0 Å². The first-order valence-corrected chi connectivity index (χ1v) is 7.78. The molecule has 0 saturated carbocycles. The van der Waals surface area contributed by atoms with Gasteiger partial charge in [-0.05, 0) is 26.3 Å². The molecule has 5 nitrogen and oxygen atoms in total. The number of allylic oxidation sites excluding steroid dienone is 6. The average Bonchev–Trinajstić information content (AvgIpc) is 2.46. The first-order chi connectivity index (χ1) is 10.5. The number of carbonyl (C=O) groups is 3. The second-order valence-corrected chi connectivity index (χ2v) is 5.22. The van der Waals surface area contributed by atoms with E-state index >= 15 is 0 Å². The van der Waals surface area contributed by atoms with E-state index in [1.165, 1.54) is 18.2 Å². The highest BCUT2D eigenvalue weighted by Crippen LogP contribution is 2.08. The summed E-state index contributed by atoms with van der Waals surface area (Å²) in [5, 5.41) is 11.3. The normalized spacial score (nSPS) is 13.4. The van der Waals surface area contributed by atoms with Crippen LogP contribution < -0.4 is 5.32 Å². The van der Waals surface area contributed by atoms with E-state index in [2.05, 4.69) is 5.32 Å². The molecule has 1 atom stereocenters. The quantitative estimate of drug-likeness (QED) is 0.503. The molecule has 0 aromatic heterocycles. The monoisotopic (exact) mass is 323 g/mol. The number of nitrogens with one attached hydrogen (secondary N) is 1. The van der Waals surface area contributed by atoms with Crippen molar-refractivity contribution in [3.63, 3.8) is 0 Å². The number of carbonyl (C=O) groups excluding carboxylic acids is 2. The standard InChI is InChI=1S/C16H21NO4S/c1-3-5-7-9-14(18)17-13(16(20)21)11-12-22-15(19)10-8-6-4-2/h3-10,13H,11-12H2,1-2H3,(H,17,18)(H,20,21)/b5-3+,6-4+,9-7-,10-8-/t13-/m0/s1. The molecule has 0 aliphatic rings. The number of hydrogen-bond acceptors (Lipinski definition) is 4. The largest absolute Gasteiger partial charge is 0.480 e. The summed E-state index contributed by atoms with van der Waals surface area (Å²) in [4.78, 5) is 34.1. The number of aliphatic carboxylic acids is 1. The molecule has 0 saturated heterocycles. The fourth-order valence-corrected chi connectivity index (χ4v) is 2.03. The van der Waals surface area contributed by atoms with E-state index in [4.69, 9.17) is 5.11 Å². The van der Waals surface area contributed by atoms with Crippen LogP contribution in [-0.2, 0) is 14.4 Å². The molecule has 1 amide bonds. The van der Waals surface area contributed by atoms with Gasteiger partial charge in [-0.3, -0.25) is 9.59 Å². The Kier molecular flexibility index (Phi) is 11.4. The Labute approximate surface area is 134 Å². The Balaban J connectivity index is 4.28. The molecule has 0 aliphatic heterocycles. The van der Waals surface area contributed by atoms with Crippen molar-refractivity contribution in [1.29, 1.82) is 0 Å². The number of amides is 1. The number of hydrogen-bond donors (Lipinski definition) is 2. The van der Waals surface area contributed by atoms with Gasteiger partial charge in [-0.1, -0.05) is 48.2 Å². The van der Waals surface area contributed by atoms with E-state index in [9.17, 15) is 14.4 Å². The summed E-state index contributed by atoms with van der Waals surface area (Å²) in [6.07, 6.45) is 12.9. The number of thioether (sulfide) groups is 1. The van der Waals surface area contributed by atoms with Gasteiger partial charge in [0.2, 0.25) is 11.0 Å². The van der Waals surface area contributed by atoms with Crippen LogP contribution in [0.5, 0.6) is 0 Å². The van der Waals surface area contributed by atoms with Crippen LogP contribution in [0.2, 0.25) is 0 Å². The lowest BCUT2D eigenvalue weighted by molar-refractivity contribution is -0.141. The summed E-state index contributed by atoms with van der Waals surface area (Å²) >= 11 is 1.02. The Hall–Kier alpha value is -2.08. The zero-order valence-corrected chi connectivity index (χ0v) is 13.5. The maximum Gasteiger partial charge on any atom is 0.326 e. The van der Waals surface area contributed by atoms with Crippen molar-refractivity contribution < 1.29 is 19.5 Å². The van der Waals surface area contributed by atoms with Gasteiger partial charge in [0.05, 0.1) is 0 Å². The van der Waals surface area contributed by atoms with Crippen LogP contribution in [-0.4, -0.2) is 33.9 Å². The molecule has 0 unspecified atom stereocenters. The summed E-state index contributed by atoms with van der Waals surface area (Å²) in [5.41, 5.74) is 0. The van der Waals surface area contributed by atoms with Crippen LogP contribution in [0, 0.1) is 0 Å². The van der Waals surface area contributed by atoms with Crippen molar-refractivity contribution in [2.45, 2.75) is 26.3 Å². The van der Waals surface area contributed by atoms with E-state index in [-0.39, 0.29) is 11.5 Å². The maximum atomic E-state index is 11.5. The van der Waals surface area contributed by atoms with E-state index in [1.54, 1.807) is 37.3 Å². The fraction of sp³-hybridized carbons (Fsp3) is 0.312. The van der Waals surface area contributed by atoms with Gasteiger partial charge >= 0.3 is 5.97 Å². The van der Waals surface area contributed by atoms with Gasteiger partial charge in [0.1, 0.15) is 6.04 Å². The number of carboxylic acid groups (broad SMARTS) is 1. The van der Waals surface area contributed by atoms with Gasteiger partial charge in [-0.15, -0.1) is 0 Å². The van der Waals surface area contributed by atoms with E-state index in [0.717, 1.165) is 11.8 Å². The highest BCUT2D eigenvalue weighted by atomic mass is 32.2. The zero-order chi connectivity index (χ0) is 16.8. The number of carboxylic acids is 1. The van der Waals surface area contributed by atoms with Crippen LogP contribution in [0.25, 0.3) is 0 Å². The topological polar surface area (TPSA) is 83.5 Å². The first kappa shape index (κ1) is 19.9. The molecule has 0 rings (SSSR count). The second kappa shape index (κ2) is 12.6. The van der Waals surface area contributed by atoms with Gasteiger partial charge in [0.15, 0.2) is 0 Å². The summed E-state index contributed by atoms with van der Waals surface area (Å²) in [6.45, 7) is 3.65. The molecule has 22 heavy (non-hydrogen) atoms. The molecule has 0 fully saturated rings. The smallest absolute Gasteiger partial charge is 0.326 e. The molecule has 0 aromatic carbocycles. The van der Waals surface area contributed by atoms with E-state index in [1.807, 2.05) is 6.92 Å². The van der Waals surface area contributed by atoms with Crippen molar-refractivity contribution in [2.24, 2.45) is 0 Å². The minimum atomic E-state index is -1.12. The predicted molar refractivity (Wildman–Crippen MR) is 89.6 cm³/mol. The van der Waals surface area contributed by atoms with Crippen molar-refractivity contribution >= 4 is 28.8 Å². The third kappa shape index (κ3) is 10.7. The summed E-state index contributed by atoms with van der Waals surface area (Å²) < 4.78 is 0. The molecule has 0 heterocycles. The number of rotatable bonds is 9. The maximum absolute atomic E-state index is 11.5.